The molecule has 0 aliphatic rings. The number of ether oxygens (including phenoxy) is 1. The Morgan fingerprint density at radius 3 is 2.68 bits per heavy atom. The molecule has 0 aliphatic heterocycles. The highest BCUT2D eigenvalue weighted by Gasteiger charge is 2.14. The first-order valence-corrected chi connectivity index (χ1v) is 7.04. The monoisotopic (exact) mass is 340 g/mol. The first-order chi connectivity index (χ1) is 9.11. The van der Waals surface area contributed by atoms with Crippen molar-refractivity contribution in [3.05, 3.63) is 63.1 Å². The van der Waals surface area contributed by atoms with E-state index in [1.807, 2.05) is 42.5 Å². The van der Waals surface area contributed by atoms with E-state index in [9.17, 15) is 5.11 Å². The Bertz CT molecular complexity index is 572. The quantitative estimate of drug-likeness (QED) is 0.894. The Labute approximate surface area is 126 Å². The maximum Gasteiger partial charge on any atom is 0.119 e. The largest absolute Gasteiger partial charge is 0.497 e. The number of aliphatic hydroxyl groups is 1. The summed E-state index contributed by atoms with van der Waals surface area (Å²) in [5.41, 5.74) is 1.71. The zero-order chi connectivity index (χ0) is 13.8. The van der Waals surface area contributed by atoms with Gasteiger partial charge in [0.25, 0.3) is 0 Å². The van der Waals surface area contributed by atoms with E-state index in [4.69, 9.17) is 16.3 Å². The molecule has 100 valence electrons. The Hall–Kier alpha value is -1.03. The van der Waals surface area contributed by atoms with E-state index in [1.165, 1.54) is 0 Å². The van der Waals surface area contributed by atoms with Crippen molar-refractivity contribution in [2.45, 2.75) is 12.5 Å². The van der Waals surface area contributed by atoms with Crippen LogP contribution in [0.4, 0.5) is 0 Å². The van der Waals surface area contributed by atoms with Crippen molar-refractivity contribution in [1.29, 1.82) is 0 Å². The van der Waals surface area contributed by atoms with Crippen LogP contribution in [-0.2, 0) is 6.42 Å². The number of methoxy groups -OCH3 is 1. The topological polar surface area (TPSA) is 29.5 Å². The van der Waals surface area contributed by atoms with Crippen molar-refractivity contribution in [3.63, 3.8) is 0 Å². The summed E-state index contributed by atoms with van der Waals surface area (Å²) in [6, 6.07) is 13.1. The van der Waals surface area contributed by atoms with Crippen LogP contribution in [-0.4, -0.2) is 12.2 Å². The Morgan fingerprint density at radius 1 is 1.26 bits per heavy atom. The molecule has 0 spiro atoms. The van der Waals surface area contributed by atoms with E-state index in [2.05, 4.69) is 15.9 Å². The van der Waals surface area contributed by atoms with Gasteiger partial charge in [-0.3, -0.25) is 0 Å². The number of hydrogen-bond donors (Lipinski definition) is 1. The molecule has 2 nitrogen and oxygen atoms in total. The Balaban J connectivity index is 2.25. The maximum atomic E-state index is 10.4. The molecular formula is C15H14BrClO2. The molecule has 0 fully saturated rings. The van der Waals surface area contributed by atoms with Gasteiger partial charge in [0.2, 0.25) is 0 Å². The normalized spacial score (nSPS) is 12.2. The molecule has 2 aromatic rings. The summed E-state index contributed by atoms with van der Waals surface area (Å²) in [4.78, 5) is 0. The fourth-order valence-corrected chi connectivity index (χ4v) is 2.61. The molecule has 0 amide bonds. The lowest BCUT2D eigenvalue weighted by Gasteiger charge is -2.15. The number of aliphatic hydroxyl groups excluding tert-OH is 1. The van der Waals surface area contributed by atoms with E-state index < -0.39 is 6.10 Å². The number of rotatable bonds is 4. The summed E-state index contributed by atoms with van der Waals surface area (Å²) in [6.07, 6.45) is -0.171. The van der Waals surface area contributed by atoms with Gasteiger partial charge in [0.15, 0.2) is 0 Å². The minimum Gasteiger partial charge on any atom is -0.497 e. The van der Waals surface area contributed by atoms with E-state index in [-0.39, 0.29) is 0 Å². The van der Waals surface area contributed by atoms with Gasteiger partial charge in [0.05, 0.1) is 13.2 Å². The van der Waals surface area contributed by atoms with Gasteiger partial charge in [0.1, 0.15) is 5.75 Å². The van der Waals surface area contributed by atoms with Gasteiger partial charge in [-0.1, -0.05) is 45.7 Å². The molecule has 0 saturated heterocycles. The number of halogens is 2. The molecule has 1 atom stereocenters. The molecule has 1 N–H and O–H groups in total. The second-order valence-corrected chi connectivity index (χ2v) is 5.46. The van der Waals surface area contributed by atoms with Crippen LogP contribution in [0.3, 0.4) is 0 Å². The summed E-state index contributed by atoms with van der Waals surface area (Å²) in [6.45, 7) is 0. The molecule has 0 aliphatic carbocycles. The minimum absolute atomic E-state index is 0.464. The fourth-order valence-electron chi connectivity index (χ4n) is 1.89. The van der Waals surface area contributed by atoms with Gasteiger partial charge >= 0.3 is 0 Å². The molecule has 0 saturated carbocycles. The molecule has 2 aromatic carbocycles. The zero-order valence-corrected chi connectivity index (χ0v) is 12.8. The second-order valence-electron chi connectivity index (χ2n) is 4.20. The van der Waals surface area contributed by atoms with E-state index in [1.54, 1.807) is 7.11 Å². The van der Waals surface area contributed by atoms with Gasteiger partial charge in [-0.15, -0.1) is 0 Å². The van der Waals surface area contributed by atoms with Gasteiger partial charge in [-0.2, -0.15) is 0 Å². The van der Waals surface area contributed by atoms with E-state index in [0.717, 1.165) is 21.3 Å². The van der Waals surface area contributed by atoms with Crippen LogP contribution in [0.1, 0.15) is 17.2 Å². The zero-order valence-electron chi connectivity index (χ0n) is 10.4. The molecule has 0 bridgehead atoms. The van der Waals surface area contributed by atoms with Crippen LogP contribution in [0, 0.1) is 0 Å². The smallest absolute Gasteiger partial charge is 0.119 e. The van der Waals surface area contributed by atoms with Gasteiger partial charge in [-0.05, 0) is 35.4 Å². The Morgan fingerprint density at radius 2 is 2.00 bits per heavy atom. The first-order valence-electron chi connectivity index (χ1n) is 5.86. The summed E-state index contributed by atoms with van der Waals surface area (Å²) in [7, 11) is 1.60. The van der Waals surface area contributed by atoms with Crippen molar-refractivity contribution in [2.75, 3.05) is 7.11 Å². The summed E-state index contributed by atoms with van der Waals surface area (Å²) < 4.78 is 6.03. The lowest BCUT2D eigenvalue weighted by molar-refractivity contribution is 0.177. The van der Waals surface area contributed by atoms with Crippen LogP contribution in [0.5, 0.6) is 5.75 Å². The third-order valence-corrected chi connectivity index (χ3v) is 4.02. The first kappa shape index (κ1) is 14.4. The predicted octanol–water partition coefficient (Wildman–Crippen LogP) is 4.39. The average molecular weight is 342 g/mol. The molecular weight excluding hydrogens is 328 g/mol. The van der Waals surface area contributed by atoms with Gasteiger partial charge in [0, 0.05) is 15.9 Å². The summed E-state index contributed by atoms with van der Waals surface area (Å²) in [5, 5.41) is 11.0. The fraction of sp³-hybridized carbons (Fsp3) is 0.200. The van der Waals surface area contributed by atoms with Crippen LogP contribution in [0.15, 0.2) is 46.9 Å². The lowest BCUT2D eigenvalue weighted by atomic mass is 10.0. The summed E-state index contributed by atoms with van der Waals surface area (Å²) in [5.74, 6) is 0.719. The van der Waals surface area contributed by atoms with Crippen LogP contribution in [0.25, 0.3) is 0 Å². The molecule has 2 rings (SSSR count). The van der Waals surface area contributed by atoms with Gasteiger partial charge in [-0.25, -0.2) is 0 Å². The van der Waals surface area contributed by atoms with Crippen molar-refractivity contribution < 1.29 is 9.84 Å². The number of benzene rings is 2. The standard InChI is InChI=1S/C15H14BrClO2/c1-19-11-6-7-13(16)12(9-11)15(18)8-10-4-2-3-5-14(10)17/h2-7,9,15,18H,8H2,1H3. The molecule has 19 heavy (non-hydrogen) atoms. The molecule has 0 aromatic heterocycles. The Kier molecular flexibility index (Phi) is 4.86. The molecule has 1 unspecified atom stereocenters. The van der Waals surface area contributed by atoms with Crippen molar-refractivity contribution in [2.24, 2.45) is 0 Å². The van der Waals surface area contributed by atoms with Crippen molar-refractivity contribution in [3.8, 4) is 5.75 Å². The highest BCUT2D eigenvalue weighted by Crippen LogP contribution is 2.31. The molecule has 0 radical (unpaired) electrons. The van der Waals surface area contributed by atoms with Crippen LogP contribution in [0.2, 0.25) is 5.02 Å². The van der Waals surface area contributed by atoms with Crippen LogP contribution >= 0.6 is 27.5 Å². The third-order valence-electron chi connectivity index (χ3n) is 2.93. The lowest BCUT2D eigenvalue weighted by Crippen LogP contribution is -2.03. The molecule has 4 heteroatoms. The average Bonchev–Trinajstić information content (AvgIpc) is 2.42. The highest BCUT2D eigenvalue weighted by atomic mass is 79.9. The second kappa shape index (κ2) is 6.42. The SMILES string of the molecule is COc1ccc(Br)c(C(O)Cc2ccccc2Cl)c1. The van der Waals surface area contributed by atoms with Crippen molar-refractivity contribution >= 4 is 27.5 Å². The van der Waals surface area contributed by atoms with E-state index in [0.29, 0.717) is 11.4 Å². The van der Waals surface area contributed by atoms with Crippen LogP contribution < -0.4 is 4.74 Å². The van der Waals surface area contributed by atoms with Gasteiger partial charge < -0.3 is 9.84 Å². The predicted molar refractivity (Wildman–Crippen MR) is 80.8 cm³/mol. The van der Waals surface area contributed by atoms with E-state index >= 15 is 0 Å². The summed E-state index contributed by atoms with van der Waals surface area (Å²) >= 11 is 9.55. The minimum atomic E-state index is -0.635. The highest BCUT2D eigenvalue weighted by molar-refractivity contribution is 9.10. The molecule has 0 heterocycles. The maximum absolute atomic E-state index is 10.4. The number of hydrogen-bond acceptors (Lipinski definition) is 2. The van der Waals surface area contributed by atoms with Crippen molar-refractivity contribution in [1.82, 2.24) is 0 Å². The third kappa shape index (κ3) is 3.50.